The molecule has 0 aromatic heterocycles. The number of carbonyl (C=O) groups excluding carboxylic acids is 1. The Labute approximate surface area is 128 Å². The van der Waals surface area contributed by atoms with Gasteiger partial charge in [-0.05, 0) is 18.2 Å². The second-order valence-electron chi connectivity index (χ2n) is 4.92. The van der Waals surface area contributed by atoms with Gasteiger partial charge in [0.2, 0.25) is 0 Å². The second kappa shape index (κ2) is 5.46. The number of ether oxygens (including phenoxy) is 2. The number of para-hydroxylation sites is 1. The van der Waals surface area contributed by atoms with Crippen molar-refractivity contribution in [2.75, 3.05) is 7.11 Å². The number of esters is 1. The van der Waals surface area contributed by atoms with Gasteiger partial charge in [0.05, 0.1) is 12.0 Å². The number of hydrogen-bond donors (Lipinski definition) is 0. The summed E-state index contributed by atoms with van der Waals surface area (Å²) in [6, 6.07) is 13.1. The molecule has 2 aromatic rings. The van der Waals surface area contributed by atoms with Crippen LogP contribution in [0.2, 0.25) is 0 Å². The van der Waals surface area contributed by atoms with Crippen LogP contribution in [0, 0.1) is 0 Å². The molecule has 5 nitrogen and oxygen atoms in total. The smallest absolute Gasteiger partial charge is 0.330 e. The van der Waals surface area contributed by atoms with Gasteiger partial charge in [-0.3, -0.25) is 4.79 Å². The highest BCUT2D eigenvalue weighted by Crippen LogP contribution is 2.37. The Kier molecular flexibility index (Phi) is 3.62. The zero-order valence-electron chi connectivity index (χ0n) is 11.9. The van der Waals surface area contributed by atoms with E-state index in [4.69, 9.17) is 9.47 Å². The van der Waals surface area contributed by atoms with Crippen LogP contribution in [0.3, 0.4) is 0 Å². The summed E-state index contributed by atoms with van der Waals surface area (Å²) in [4.78, 5) is 12.3. The van der Waals surface area contributed by atoms with Crippen LogP contribution in [0.25, 0.3) is 0 Å². The van der Waals surface area contributed by atoms with Crippen molar-refractivity contribution in [1.29, 1.82) is 0 Å². The van der Waals surface area contributed by atoms with E-state index in [0.29, 0.717) is 17.1 Å². The highest BCUT2D eigenvalue weighted by atomic mass is 32.2. The Morgan fingerprint density at radius 2 is 1.82 bits per heavy atom. The fourth-order valence-corrected chi connectivity index (χ4v) is 4.02. The molecular formula is C16H14O5S. The minimum absolute atomic E-state index is 0.0720. The molecule has 114 valence electrons. The predicted molar refractivity (Wildman–Crippen MR) is 79.7 cm³/mol. The minimum atomic E-state index is -3.79. The third-order valence-electron chi connectivity index (χ3n) is 3.60. The molecule has 1 heterocycles. The molecular weight excluding hydrogens is 304 g/mol. The molecule has 0 saturated carbocycles. The largest absolute Gasteiger partial charge is 0.493 e. The number of carbonyl (C=O) groups is 1. The first kappa shape index (κ1) is 14.6. The standard InChI is InChI=1S/C16H14O5S/c1-20-13-9-5-6-11-10-14(16(17)21-15(11)13)22(18,19)12-7-3-2-4-8-12/h2-9,14H,10H2,1H3/t14-/m1/s1. The van der Waals surface area contributed by atoms with E-state index in [1.807, 2.05) is 0 Å². The summed E-state index contributed by atoms with van der Waals surface area (Å²) in [6.45, 7) is 0. The van der Waals surface area contributed by atoms with Crippen molar-refractivity contribution in [2.45, 2.75) is 16.6 Å². The number of methoxy groups -OCH3 is 1. The number of hydrogen-bond acceptors (Lipinski definition) is 5. The molecule has 1 aliphatic heterocycles. The van der Waals surface area contributed by atoms with Gasteiger partial charge in [0.15, 0.2) is 26.6 Å². The lowest BCUT2D eigenvalue weighted by atomic mass is 10.1. The maximum atomic E-state index is 12.6. The van der Waals surface area contributed by atoms with E-state index in [2.05, 4.69) is 0 Å². The molecule has 0 bridgehead atoms. The molecule has 3 rings (SSSR count). The van der Waals surface area contributed by atoms with Gasteiger partial charge >= 0.3 is 5.97 Å². The molecule has 0 aliphatic carbocycles. The van der Waals surface area contributed by atoms with Crippen molar-refractivity contribution in [2.24, 2.45) is 0 Å². The van der Waals surface area contributed by atoms with Crippen LogP contribution in [-0.2, 0) is 21.1 Å². The Morgan fingerprint density at radius 3 is 2.50 bits per heavy atom. The molecule has 2 aromatic carbocycles. The molecule has 1 aliphatic rings. The van der Waals surface area contributed by atoms with E-state index in [9.17, 15) is 13.2 Å². The van der Waals surface area contributed by atoms with Gasteiger partial charge in [-0.2, -0.15) is 0 Å². The lowest BCUT2D eigenvalue weighted by Crippen LogP contribution is -2.39. The number of benzene rings is 2. The normalized spacial score (nSPS) is 17.5. The Balaban J connectivity index is 2.02. The zero-order chi connectivity index (χ0) is 15.7. The maximum Gasteiger partial charge on any atom is 0.330 e. The van der Waals surface area contributed by atoms with Gasteiger partial charge < -0.3 is 9.47 Å². The summed E-state index contributed by atoms with van der Waals surface area (Å²) in [6.07, 6.45) is 0.0720. The average Bonchev–Trinajstić information content (AvgIpc) is 2.54. The third-order valence-corrected chi connectivity index (χ3v) is 5.64. The summed E-state index contributed by atoms with van der Waals surface area (Å²) in [5.74, 6) is -0.0585. The van der Waals surface area contributed by atoms with Crippen LogP contribution in [0.5, 0.6) is 11.5 Å². The van der Waals surface area contributed by atoms with Crippen molar-refractivity contribution >= 4 is 15.8 Å². The molecule has 0 fully saturated rings. The van der Waals surface area contributed by atoms with Crippen molar-refractivity contribution in [1.82, 2.24) is 0 Å². The Hall–Kier alpha value is -2.34. The van der Waals surface area contributed by atoms with Crippen LogP contribution in [0.1, 0.15) is 5.56 Å². The Morgan fingerprint density at radius 1 is 1.09 bits per heavy atom. The van der Waals surface area contributed by atoms with Gasteiger partial charge in [-0.25, -0.2) is 8.42 Å². The quantitative estimate of drug-likeness (QED) is 0.639. The topological polar surface area (TPSA) is 69.7 Å². The van der Waals surface area contributed by atoms with Crippen molar-refractivity contribution in [3.8, 4) is 11.5 Å². The highest BCUT2D eigenvalue weighted by molar-refractivity contribution is 7.92. The maximum absolute atomic E-state index is 12.6. The number of fused-ring (bicyclic) bond motifs is 1. The lowest BCUT2D eigenvalue weighted by molar-refractivity contribution is -0.134. The fraction of sp³-hybridized carbons (Fsp3) is 0.188. The zero-order valence-corrected chi connectivity index (χ0v) is 12.7. The summed E-state index contributed by atoms with van der Waals surface area (Å²) >= 11 is 0. The first-order chi connectivity index (χ1) is 10.5. The summed E-state index contributed by atoms with van der Waals surface area (Å²) in [5, 5.41) is -1.24. The first-order valence-corrected chi connectivity index (χ1v) is 8.25. The van der Waals surface area contributed by atoms with Crippen LogP contribution < -0.4 is 9.47 Å². The molecule has 0 spiro atoms. The molecule has 0 radical (unpaired) electrons. The number of rotatable bonds is 3. The minimum Gasteiger partial charge on any atom is -0.493 e. The van der Waals surface area contributed by atoms with E-state index in [1.54, 1.807) is 36.4 Å². The van der Waals surface area contributed by atoms with Gasteiger partial charge in [0.25, 0.3) is 0 Å². The van der Waals surface area contributed by atoms with Crippen molar-refractivity contribution < 1.29 is 22.7 Å². The fourth-order valence-electron chi connectivity index (χ4n) is 2.46. The van der Waals surface area contributed by atoms with Gasteiger partial charge in [-0.1, -0.05) is 30.3 Å². The van der Waals surface area contributed by atoms with Crippen LogP contribution in [0.4, 0.5) is 0 Å². The summed E-state index contributed by atoms with van der Waals surface area (Å²) in [5.41, 5.74) is 0.642. The van der Waals surface area contributed by atoms with Crippen LogP contribution >= 0.6 is 0 Å². The molecule has 0 amide bonds. The van der Waals surface area contributed by atoms with E-state index >= 15 is 0 Å². The summed E-state index contributed by atoms with van der Waals surface area (Å²) < 4.78 is 35.6. The van der Waals surface area contributed by atoms with Gasteiger partial charge in [-0.15, -0.1) is 0 Å². The summed E-state index contributed by atoms with van der Waals surface area (Å²) in [7, 11) is -2.32. The van der Waals surface area contributed by atoms with E-state index in [-0.39, 0.29) is 11.3 Å². The van der Waals surface area contributed by atoms with E-state index in [1.165, 1.54) is 19.2 Å². The van der Waals surface area contributed by atoms with Crippen LogP contribution in [0.15, 0.2) is 53.4 Å². The molecule has 0 saturated heterocycles. The van der Waals surface area contributed by atoms with E-state index < -0.39 is 21.1 Å². The third kappa shape index (κ3) is 2.35. The van der Waals surface area contributed by atoms with Gasteiger partial charge in [0, 0.05) is 12.0 Å². The van der Waals surface area contributed by atoms with Gasteiger partial charge in [0.1, 0.15) is 0 Å². The van der Waals surface area contributed by atoms with E-state index in [0.717, 1.165) is 0 Å². The number of sulfone groups is 1. The molecule has 6 heteroatoms. The average molecular weight is 318 g/mol. The predicted octanol–water partition coefficient (Wildman–Crippen LogP) is 2.00. The Bertz CT molecular complexity index is 812. The molecule has 0 unspecified atom stereocenters. The molecule has 0 N–H and O–H groups in total. The second-order valence-corrected chi connectivity index (χ2v) is 7.05. The monoisotopic (exact) mass is 318 g/mol. The SMILES string of the molecule is COc1cccc2c1OC(=O)[C@H](S(=O)(=O)c1ccccc1)C2. The molecule has 1 atom stereocenters. The van der Waals surface area contributed by atoms with Crippen molar-refractivity contribution in [3.05, 3.63) is 54.1 Å². The molecule has 22 heavy (non-hydrogen) atoms. The lowest BCUT2D eigenvalue weighted by Gasteiger charge is -2.24. The highest BCUT2D eigenvalue weighted by Gasteiger charge is 2.40. The first-order valence-electron chi connectivity index (χ1n) is 6.70. The van der Waals surface area contributed by atoms with Crippen molar-refractivity contribution in [3.63, 3.8) is 0 Å². The van der Waals surface area contributed by atoms with Crippen LogP contribution in [-0.4, -0.2) is 26.7 Å².